The normalized spacial score (nSPS) is 49.3. The molecular formula is C12H22N6. The van der Waals surface area contributed by atoms with Crippen LogP contribution in [0.5, 0.6) is 0 Å². The zero-order chi connectivity index (χ0) is 11.7. The molecule has 0 unspecified atom stereocenters. The lowest BCUT2D eigenvalue weighted by Gasteiger charge is -2.57. The number of nitrogens with one attached hydrogen (secondary N) is 2. The summed E-state index contributed by atoms with van der Waals surface area (Å²) in [7, 11) is 0. The summed E-state index contributed by atoms with van der Waals surface area (Å²) in [4.78, 5) is 10.8. The van der Waals surface area contributed by atoms with Crippen molar-refractivity contribution in [3.63, 3.8) is 0 Å². The fourth-order valence-corrected chi connectivity index (χ4v) is 4.79. The molecule has 0 aromatic carbocycles. The lowest BCUT2D eigenvalue weighted by Crippen LogP contribution is -2.79. The number of piperazine rings is 3. The van der Waals surface area contributed by atoms with Gasteiger partial charge in [0.25, 0.3) is 0 Å². The van der Waals surface area contributed by atoms with Crippen LogP contribution in [0.2, 0.25) is 0 Å². The maximum atomic E-state index is 3.77. The Hall–Kier alpha value is -0.240. The van der Waals surface area contributed by atoms with Crippen molar-refractivity contribution < 1.29 is 0 Å². The zero-order valence-electron chi connectivity index (χ0n) is 10.8. The molecule has 5 rings (SSSR count). The first kappa shape index (κ1) is 10.5. The topological polar surface area (TPSA) is 37.0 Å². The van der Waals surface area contributed by atoms with Crippen LogP contribution in [0.3, 0.4) is 0 Å². The van der Waals surface area contributed by atoms with E-state index in [1.807, 2.05) is 0 Å². The van der Waals surface area contributed by atoms with Gasteiger partial charge in [-0.05, 0) is 0 Å². The van der Waals surface area contributed by atoms with Crippen molar-refractivity contribution in [2.75, 3.05) is 52.4 Å². The van der Waals surface area contributed by atoms with Gasteiger partial charge >= 0.3 is 0 Å². The first-order chi connectivity index (χ1) is 8.93. The first-order valence-electron chi connectivity index (χ1n) is 7.40. The first-order valence-corrected chi connectivity index (χ1v) is 7.40. The minimum atomic E-state index is 0.549. The van der Waals surface area contributed by atoms with Crippen molar-refractivity contribution in [1.29, 1.82) is 0 Å². The molecule has 0 spiro atoms. The fourth-order valence-electron chi connectivity index (χ4n) is 4.79. The lowest BCUT2D eigenvalue weighted by molar-refractivity contribution is -0.138. The molecule has 0 aliphatic carbocycles. The van der Waals surface area contributed by atoms with Crippen molar-refractivity contribution in [3.05, 3.63) is 0 Å². The summed E-state index contributed by atoms with van der Waals surface area (Å²) in [5.74, 6) is 0. The Balaban J connectivity index is 1.57. The Morgan fingerprint density at radius 3 is 1.61 bits per heavy atom. The molecule has 6 nitrogen and oxygen atoms in total. The molecule has 0 bridgehead atoms. The third kappa shape index (κ3) is 1.19. The highest BCUT2D eigenvalue weighted by Gasteiger charge is 2.57. The highest BCUT2D eigenvalue weighted by atomic mass is 15.6. The molecule has 18 heavy (non-hydrogen) atoms. The number of hydrogen-bond donors (Lipinski definition) is 2. The van der Waals surface area contributed by atoms with Crippen molar-refractivity contribution in [2.24, 2.45) is 0 Å². The molecule has 5 heterocycles. The van der Waals surface area contributed by atoms with Gasteiger partial charge in [0.1, 0.15) is 0 Å². The predicted molar refractivity (Wildman–Crippen MR) is 67.7 cm³/mol. The van der Waals surface area contributed by atoms with Gasteiger partial charge < -0.3 is 0 Å². The van der Waals surface area contributed by atoms with Crippen LogP contribution in [-0.4, -0.2) is 96.6 Å². The van der Waals surface area contributed by atoms with Gasteiger partial charge in [0.05, 0.1) is 24.7 Å². The SMILES string of the molecule is C1CN2CCN3[C@@H]2[C@@H](N1)N1CCN2CCN[C@H]3[C@@H]21. The Morgan fingerprint density at radius 1 is 0.611 bits per heavy atom. The average molecular weight is 250 g/mol. The summed E-state index contributed by atoms with van der Waals surface area (Å²) in [5.41, 5.74) is 0. The van der Waals surface area contributed by atoms with Crippen molar-refractivity contribution in [3.8, 4) is 0 Å². The van der Waals surface area contributed by atoms with Crippen molar-refractivity contribution in [1.82, 2.24) is 30.2 Å². The number of nitrogens with zero attached hydrogens (tertiary/aromatic N) is 4. The van der Waals surface area contributed by atoms with Gasteiger partial charge in [-0.25, -0.2) is 0 Å². The summed E-state index contributed by atoms with van der Waals surface area (Å²) in [6.07, 6.45) is 2.30. The maximum absolute atomic E-state index is 3.77. The van der Waals surface area contributed by atoms with Crippen LogP contribution >= 0.6 is 0 Å². The van der Waals surface area contributed by atoms with E-state index in [2.05, 4.69) is 30.2 Å². The van der Waals surface area contributed by atoms with E-state index in [9.17, 15) is 0 Å². The molecule has 0 saturated carbocycles. The summed E-state index contributed by atoms with van der Waals surface area (Å²) in [5, 5.41) is 7.54. The van der Waals surface area contributed by atoms with Gasteiger partial charge in [-0.2, -0.15) is 0 Å². The van der Waals surface area contributed by atoms with Crippen molar-refractivity contribution >= 4 is 0 Å². The van der Waals surface area contributed by atoms with Crippen LogP contribution in [-0.2, 0) is 0 Å². The Morgan fingerprint density at radius 2 is 1.11 bits per heavy atom. The summed E-state index contributed by atoms with van der Waals surface area (Å²) >= 11 is 0. The molecule has 0 aromatic rings. The third-order valence-corrected chi connectivity index (χ3v) is 5.50. The zero-order valence-corrected chi connectivity index (χ0v) is 10.8. The second kappa shape index (κ2) is 3.65. The van der Waals surface area contributed by atoms with Crippen LogP contribution in [0.15, 0.2) is 0 Å². The van der Waals surface area contributed by atoms with Gasteiger partial charge in [0, 0.05) is 52.4 Å². The van der Waals surface area contributed by atoms with E-state index in [0.717, 1.165) is 13.1 Å². The third-order valence-electron chi connectivity index (χ3n) is 5.50. The van der Waals surface area contributed by atoms with E-state index in [0.29, 0.717) is 24.7 Å². The molecule has 0 amide bonds. The lowest BCUT2D eigenvalue weighted by atomic mass is 10.1. The summed E-state index contributed by atoms with van der Waals surface area (Å²) in [6.45, 7) is 9.70. The Labute approximate surface area is 108 Å². The van der Waals surface area contributed by atoms with Gasteiger partial charge in [0.2, 0.25) is 0 Å². The molecule has 4 atom stereocenters. The van der Waals surface area contributed by atoms with Crippen LogP contribution in [0, 0.1) is 0 Å². The molecule has 0 aromatic heterocycles. The summed E-state index contributed by atoms with van der Waals surface area (Å²) in [6, 6.07) is 0. The molecule has 0 radical (unpaired) electrons. The van der Waals surface area contributed by atoms with E-state index in [4.69, 9.17) is 0 Å². The van der Waals surface area contributed by atoms with E-state index in [1.54, 1.807) is 0 Å². The second-order valence-electron chi connectivity index (χ2n) is 6.17. The standard InChI is InChI=1S/C12H22N6/c1-3-15-5-7-18-10-12-16(4-2-14-10)6-8-17(12)9(13-1)11(15)18/h9-14H,1-8H2/t9-,10+,11+,12-. The molecule has 5 aliphatic heterocycles. The monoisotopic (exact) mass is 250 g/mol. The molecular weight excluding hydrogens is 228 g/mol. The average Bonchev–Trinajstić information content (AvgIpc) is 3.01. The van der Waals surface area contributed by atoms with E-state index < -0.39 is 0 Å². The summed E-state index contributed by atoms with van der Waals surface area (Å²) < 4.78 is 0. The van der Waals surface area contributed by atoms with E-state index >= 15 is 0 Å². The quantitative estimate of drug-likeness (QED) is 0.506. The molecule has 2 N–H and O–H groups in total. The minimum Gasteiger partial charge on any atom is -0.298 e. The van der Waals surface area contributed by atoms with Crippen LogP contribution in [0.25, 0.3) is 0 Å². The molecule has 5 saturated heterocycles. The highest BCUT2D eigenvalue weighted by Crippen LogP contribution is 2.36. The Kier molecular flexibility index (Phi) is 2.14. The molecule has 100 valence electrons. The number of fused-ring (bicyclic) bond motifs is 2. The van der Waals surface area contributed by atoms with Gasteiger partial charge in [0.15, 0.2) is 0 Å². The molecule has 6 heteroatoms. The van der Waals surface area contributed by atoms with Gasteiger partial charge in [-0.15, -0.1) is 0 Å². The van der Waals surface area contributed by atoms with E-state index in [-0.39, 0.29) is 0 Å². The smallest absolute Gasteiger partial charge is 0.0934 e. The fraction of sp³-hybridized carbons (Fsp3) is 1.00. The minimum absolute atomic E-state index is 0.549. The number of hydrogen-bond acceptors (Lipinski definition) is 6. The highest BCUT2D eigenvalue weighted by molar-refractivity contribution is 5.08. The number of rotatable bonds is 0. The van der Waals surface area contributed by atoms with Crippen LogP contribution in [0.4, 0.5) is 0 Å². The van der Waals surface area contributed by atoms with Gasteiger partial charge in [-0.3, -0.25) is 30.2 Å². The van der Waals surface area contributed by atoms with Crippen molar-refractivity contribution in [2.45, 2.75) is 24.7 Å². The largest absolute Gasteiger partial charge is 0.298 e. The van der Waals surface area contributed by atoms with Crippen LogP contribution in [0.1, 0.15) is 0 Å². The van der Waals surface area contributed by atoms with Gasteiger partial charge in [-0.1, -0.05) is 0 Å². The maximum Gasteiger partial charge on any atom is 0.0934 e. The Bertz CT molecular complexity index is 328. The second-order valence-corrected chi connectivity index (χ2v) is 6.17. The van der Waals surface area contributed by atoms with Crippen LogP contribution < -0.4 is 10.6 Å². The molecule has 5 fully saturated rings. The van der Waals surface area contributed by atoms with E-state index in [1.165, 1.54) is 39.3 Å². The molecule has 5 aliphatic rings. The predicted octanol–water partition coefficient (Wildman–Crippen LogP) is -2.25.